The van der Waals surface area contributed by atoms with E-state index in [2.05, 4.69) is 0 Å². The Hall–Kier alpha value is -1.55. The first kappa shape index (κ1) is 9.98. The Morgan fingerprint density at radius 2 is 2.20 bits per heavy atom. The summed E-state index contributed by atoms with van der Waals surface area (Å²) in [6.07, 6.45) is 0. The zero-order chi connectivity index (χ0) is 10.7. The molecule has 0 atom stereocenters. The minimum Gasteiger partial charge on any atom is -0.398 e. The molecule has 0 unspecified atom stereocenters. The number of anilines is 1. The van der Waals surface area contributed by atoms with Crippen molar-refractivity contribution in [2.45, 2.75) is 6.54 Å². The Morgan fingerprint density at radius 1 is 1.40 bits per heavy atom. The van der Waals surface area contributed by atoms with Crippen LogP contribution in [0.25, 0.3) is 0 Å². The summed E-state index contributed by atoms with van der Waals surface area (Å²) in [6, 6.07) is 7.61. The average Bonchev–Trinajstić information content (AvgIpc) is 2.24. The number of carbonyl (C=O) groups is 1. The van der Waals surface area contributed by atoms with E-state index in [9.17, 15) is 4.79 Å². The fourth-order valence-electron chi connectivity index (χ4n) is 1.60. The first-order valence-electron chi connectivity index (χ1n) is 4.96. The molecule has 1 aromatic rings. The van der Waals surface area contributed by atoms with Crippen molar-refractivity contribution in [1.82, 2.24) is 4.90 Å². The zero-order valence-corrected chi connectivity index (χ0v) is 8.48. The molecule has 0 aliphatic carbocycles. The molecule has 1 heterocycles. The number of nitrogens with zero attached hydrogens (tertiary/aromatic N) is 1. The predicted octanol–water partition coefficient (Wildman–Crippen LogP) is 0.628. The molecule has 4 nitrogen and oxygen atoms in total. The molecule has 2 rings (SSSR count). The van der Waals surface area contributed by atoms with E-state index in [4.69, 9.17) is 10.5 Å². The van der Waals surface area contributed by atoms with Crippen molar-refractivity contribution in [1.29, 1.82) is 0 Å². The molecular weight excluding hydrogens is 192 g/mol. The molecule has 15 heavy (non-hydrogen) atoms. The molecule has 2 N–H and O–H groups in total. The van der Waals surface area contributed by atoms with E-state index in [0.29, 0.717) is 19.7 Å². The second-order valence-electron chi connectivity index (χ2n) is 3.57. The van der Waals surface area contributed by atoms with Gasteiger partial charge in [0.05, 0.1) is 6.61 Å². The molecule has 1 amide bonds. The number of ether oxygens (including phenoxy) is 1. The third-order valence-electron chi connectivity index (χ3n) is 2.50. The highest BCUT2D eigenvalue weighted by Crippen LogP contribution is 2.14. The number of carbonyl (C=O) groups excluding carboxylic acids is 1. The standard InChI is InChI=1S/C11H14N2O2/c12-10-4-2-1-3-9(10)7-13-5-6-15-8-11(13)14/h1-4H,5-8,12H2. The summed E-state index contributed by atoms with van der Waals surface area (Å²) in [4.78, 5) is 13.2. The minimum atomic E-state index is 0.0319. The van der Waals surface area contributed by atoms with Crippen LogP contribution in [-0.2, 0) is 16.1 Å². The molecule has 0 bridgehead atoms. The summed E-state index contributed by atoms with van der Waals surface area (Å²) in [5.41, 5.74) is 7.54. The summed E-state index contributed by atoms with van der Waals surface area (Å²) in [7, 11) is 0. The van der Waals surface area contributed by atoms with Gasteiger partial charge in [-0.05, 0) is 11.6 Å². The summed E-state index contributed by atoms with van der Waals surface area (Å²) >= 11 is 0. The van der Waals surface area contributed by atoms with Crippen molar-refractivity contribution < 1.29 is 9.53 Å². The van der Waals surface area contributed by atoms with Crippen molar-refractivity contribution in [3.63, 3.8) is 0 Å². The Labute approximate surface area is 88.6 Å². The van der Waals surface area contributed by atoms with Gasteiger partial charge in [-0.2, -0.15) is 0 Å². The van der Waals surface area contributed by atoms with E-state index < -0.39 is 0 Å². The number of nitrogens with two attached hydrogens (primary N) is 1. The second-order valence-corrected chi connectivity index (χ2v) is 3.57. The molecule has 0 spiro atoms. The molecule has 1 saturated heterocycles. The number of nitrogen functional groups attached to an aromatic ring is 1. The van der Waals surface area contributed by atoms with E-state index in [1.807, 2.05) is 24.3 Å². The van der Waals surface area contributed by atoms with Crippen LogP contribution in [0.2, 0.25) is 0 Å². The van der Waals surface area contributed by atoms with Gasteiger partial charge in [0.2, 0.25) is 5.91 Å². The maximum absolute atomic E-state index is 11.5. The van der Waals surface area contributed by atoms with Crippen LogP contribution < -0.4 is 5.73 Å². The molecule has 1 aromatic carbocycles. The van der Waals surface area contributed by atoms with Gasteiger partial charge in [-0.3, -0.25) is 4.79 Å². The van der Waals surface area contributed by atoms with Gasteiger partial charge in [-0.15, -0.1) is 0 Å². The van der Waals surface area contributed by atoms with E-state index in [0.717, 1.165) is 11.3 Å². The number of para-hydroxylation sites is 1. The van der Waals surface area contributed by atoms with Crippen LogP contribution in [0.4, 0.5) is 5.69 Å². The number of hydrogen-bond donors (Lipinski definition) is 1. The SMILES string of the molecule is Nc1ccccc1CN1CCOCC1=O. The number of hydrogen-bond acceptors (Lipinski definition) is 3. The topological polar surface area (TPSA) is 55.6 Å². The zero-order valence-electron chi connectivity index (χ0n) is 8.48. The first-order chi connectivity index (χ1) is 7.27. The highest BCUT2D eigenvalue weighted by molar-refractivity contribution is 5.78. The van der Waals surface area contributed by atoms with Crippen LogP contribution in [0.5, 0.6) is 0 Å². The van der Waals surface area contributed by atoms with Gasteiger partial charge in [-0.25, -0.2) is 0 Å². The van der Waals surface area contributed by atoms with Crippen molar-refractivity contribution in [2.24, 2.45) is 0 Å². The third-order valence-corrected chi connectivity index (χ3v) is 2.50. The summed E-state index contributed by atoms with van der Waals surface area (Å²) < 4.78 is 5.06. The fraction of sp³-hybridized carbons (Fsp3) is 0.364. The minimum absolute atomic E-state index is 0.0319. The van der Waals surface area contributed by atoms with Crippen LogP contribution in [0.15, 0.2) is 24.3 Å². The Balaban J connectivity index is 2.08. The highest BCUT2D eigenvalue weighted by Gasteiger charge is 2.18. The fourth-order valence-corrected chi connectivity index (χ4v) is 1.60. The number of amides is 1. The van der Waals surface area contributed by atoms with E-state index >= 15 is 0 Å². The summed E-state index contributed by atoms with van der Waals surface area (Å²) in [6.45, 7) is 2.02. The van der Waals surface area contributed by atoms with E-state index in [-0.39, 0.29) is 12.5 Å². The molecule has 0 radical (unpaired) electrons. The lowest BCUT2D eigenvalue weighted by molar-refractivity contribution is -0.143. The monoisotopic (exact) mass is 206 g/mol. The van der Waals surface area contributed by atoms with Crippen LogP contribution in [-0.4, -0.2) is 30.6 Å². The molecule has 1 aliphatic rings. The van der Waals surface area contributed by atoms with Gasteiger partial charge < -0.3 is 15.4 Å². The van der Waals surface area contributed by atoms with Crippen LogP contribution >= 0.6 is 0 Å². The molecule has 80 valence electrons. The average molecular weight is 206 g/mol. The first-order valence-corrected chi connectivity index (χ1v) is 4.96. The van der Waals surface area contributed by atoms with Gasteiger partial charge >= 0.3 is 0 Å². The number of morpholine rings is 1. The highest BCUT2D eigenvalue weighted by atomic mass is 16.5. The Kier molecular flexibility index (Phi) is 2.87. The molecule has 1 aliphatic heterocycles. The quantitative estimate of drug-likeness (QED) is 0.722. The lowest BCUT2D eigenvalue weighted by Crippen LogP contribution is -2.41. The van der Waals surface area contributed by atoms with Gasteiger partial charge in [0.1, 0.15) is 6.61 Å². The van der Waals surface area contributed by atoms with Crippen LogP contribution in [0.1, 0.15) is 5.56 Å². The third kappa shape index (κ3) is 2.27. The molecule has 0 aromatic heterocycles. The van der Waals surface area contributed by atoms with Crippen molar-refractivity contribution in [3.05, 3.63) is 29.8 Å². The maximum atomic E-state index is 11.5. The molecule has 0 saturated carbocycles. The van der Waals surface area contributed by atoms with Crippen molar-refractivity contribution in [2.75, 3.05) is 25.5 Å². The maximum Gasteiger partial charge on any atom is 0.248 e. The normalized spacial score (nSPS) is 16.8. The van der Waals surface area contributed by atoms with Gasteiger partial charge in [-0.1, -0.05) is 18.2 Å². The molecular formula is C11H14N2O2. The van der Waals surface area contributed by atoms with E-state index in [1.54, 1.807) is 4.90 Å². The molecule has 4 heteroatoms. The van der Waals surface area contributed by atoms with Gasteiger partial charge in [0, 0.05) is 18.8 Å². The lowest BCUT2D eigenvalue weighted by Gasteiger charge is -2.27. The van der Waals surface area contributed by atoms with Gasteiger partial charge in [0.15, 0.2) is 0 Å². The van der Waals surface area contributed by atoms with Crippen LogP contribution in [0.3, 0.4) is 0 Å². The second kappa shape index (κ2) is 4.31. The largest absolute Gasteiger partial charge is 0.398 e. The van der Waals surface area contributed by atoms with Crippen LogP contribution in [0, 0.1) is 0 Å². The lowest BCUT2D eigenvalue weighted by atomic mass is 10.1. The Bertz CT molecular complexity index is 365. The smallest absolute Gasteiger partial charge is 0.248 e. The molecule has 1 fully saturated rings. The number of rotatable bonds is 2. The van der Waals surface area contributed by atoms with Gasteiger partial charge in [0.25, 0.3) is 0 Å². The van der Waals surface area contributed by atoms with E-state index in [1.165, 1.54) is 0 Å². The van der Waals surface area contributed by atoms with Crippen molar-refractivity contribution in [3.8, 4) is 0 Å². The predicted molar refractivity (Wildman–Crippen MR) is 57.1 cm³/mol. The Morgan fingerprint density at radius 3 is 2.93 bits per heavy atom. The summed E-state index contributed by atoms with van der Waals surface area (Å²) in [5.74, 6) is 0.0319. The summed E-state index contributed by atoms with van der Waals surface area (Å²) in [5, 5.41) is 0. The van der Waals surface area contributed by atoms with Crippen molar-refractivity contribution >= 4 is 11.6 Å². The number of benzene rings is 1.